The Balaban J connectivity index is 1.84. The largest absolute Gasteiger partial charge is 0.380 e. The Kier molecular flexibility index (Phi) is 4.11. The lowest BCUT2D eigenvalue weighted by atomic mass is 10.2. The monoisotopic (exact) mass is 238 g/mol. The first-order valence-electron chi connectivity index (χ1n) is 5.85. The van der Waals surface area contributed by atoms with Gasteiger partial charge in [0.1, 0.15) is 0 Å². The molecular weight excluding hydrogens is 220 g/mol. The van der Waals surface area contributed by atoms with Crippen LogP contribution in [0.25, 0.3) is 0 Å². The van der Waals surface area contributed by atoms with Crippen molar-refractivity contribution < 1.29 is 4.74 Å². The quantitative estimate of drug-likeness (QED) is 0.766. The van der Waals surface area contributed by atoms with Crippen molar-refractivity contribution in [2.24, 2.45) is 0 Å². The van der Waals surface area contributed by atoms with Crippen LogP contribution < -0.4 is 10.9 Å². The number of rotatable bonds is 4. The van der Waals surface area contributed by atoms with Gasteiger partial charge in [-0.05, 0) is 6.92 Å². The van der Waals surface area contributed by atoms with Gasteiger partial charge < -0.3 is 10.1 Å². The highest BCUT2D eigenvalue weighted by atomic mass is 16.5. The topological polar surface area (TPSA) is 70.2 Å². The van der Waals surface area contributed by atoms with Gasteiger partial charge in [-0.2, -0.15) is 5.10 Å². The lowest BCUT2D eigenvalue weighted by Crippen LogP contribution is -2.42. The van der Waals surface area contributed by atoms with E-state index in [1.54, 1.807) is 6.20 Å². The normalized spacial score (nSPS) is 18.9. The van der Waals surface area contributed by atoms with E-state index in [1.165, 1.54) is 6.07 Å². The summed E-state index contributed by atoms with van der Waals surface area (Å²) in [7, 11) is 0. The van der Waals surface area contributed by atoms with Gasteiger partial charge in [-0.1, -0.05) is 0 Å². The minimum absolute atomic E-state index is 0.187. The summed E-state index contributed by atoms with van der Waals surface area (Å²) in [6.07, 6.45) is 1.62. The zero-order chi connectivity index (χ0) is 12.1. The average Bonchev–Trinajstić information content (AvgIpc) is 2.30. The van der Waals surface area contributed by atoms with Gasteiger partial charge in [0.15, 0.2) is 0 Å². The lowest BCUT2D eigenvalue weighted by Gasteiger charge is -2.29. The number of nitrogens with zero attached hydrogens (tertiary/aromatic N) is 2. The van der Waals surface area contributed by atoms with Crippen LogP contribution in [-0.4, -0.2) is 54.0 Å². The Morgan fingerprint density at radius 3 is 3.06 bits per heavy atom. The molecule has 6 heteroatoms. The van der Waals surface area contributed by atoms with Gasteiger partial charge in [0.2, 0.25) is 0 Å². The third-order valence-electron chi connectivity index (χ3n) is 2.71. The standard InChI is InChI=1S/C11H18N4O2/c1-9(8-15-2-4-17-5-3-15)13-10-6-11(16)14-12-7-10/h6-7,9H,2-5,8H2,1H3,(H2,13,14,16). The minimum atomic E-state index is -0.187. The van der Waals surface area contributed by atoms with Gasteiger partial charge in [-0.25, -0.2) is 5.10 Å². The molecule has 2 rings (SSSR count). The van der Waals surface area contributed by atoms with Gasteiger partial charge in [-0.3, -0.25) is 9.69 Å². The molecule has 0 amide bonds. The van der Waals surface area contributed by atoms with Crippen molar-refractivity contribution in [3.05, 3.63) is 22.6 Å². The highest BCUT2D eigenvalue weighted by Gasteiger charge is 2.13. The fourth-order valence-corrected chi connectivity index (χ4v) is 1.96. The van der Waals surface area contributed by atoms with Crippen molar-refractivity contribution in [1.29, 1.82) is 0 Å². The van der Waals surface area contributed by atoms with Gasteiger partial charge in [0.25, 0.3) is 5.56 Å². The van der Waals surface area contributed by atoms with E-state index >= 15 is 0 Å². The molecule has 0 aliphatic carbocycles. The molecule has 2 heterocycles. The Labute approximate surface area is 100.0 Å². The van der Waals surface area contributed by atoms with Crippen molar-refractivity contribution in [3.8, 4) is 0 Å². The third kappa shape index (κ3) is 3.83. The van der Waals surface area contributed by atoms with Crippen LogP contribution >= 0.6 is 0 Å². The minimum Gasteiger partial charge on any atom is -0.380 e. The molecule has 1 atom stereocenters. The van der Waals surface area contributed by atoms with Crippen molar-refractivity contribution in [2.75, 3.05) is 38.2 Å². The molecule has 1 aliphatic heterocycles. The highest BCUT2D eigenvalue weighted by molar-refractivity contribution is 5.39. The fraction of sp³-hybridized carbons (Fsp3) is 0.636. The van der Waals surface area contributed by atoms with E-state index in [9.17, 15) is 4.79 Å². The number of aromatic amines is 1. The summed E-state index contributed by atoms with van der Waals surface area (Å²) in [6, 6.07) is 1.79. The second-order valence-corrected chi connectivity index (χ2v) is 4.29. The molecule has 17 heavy (non-hydrogen) atoms. The molecule has 1 unspecified atom stereocenters. The Morgan fingerprint density at radius 1 is 1.59 bits per heavy atom. The van der Waals surface area contributed by atoms with Crippen molar-refractivity contribution in [2.45, 2.75) is 13.0 Å². The first kappa shape index (κ1) is 12.1. The first-order chi connectivity index (χ1) is 8.24. The molecule has 94 valence electrons. The maximum atomic E-state index is 11.1. The van der Waals surface area contributed by atoms with Crippen molar-refractivity contribution in [3.63, 3.8) is 0 Å². The molecule has 0 bridgehead atoms. The zero-order valence-electron chi connectivity index (χ0n) is 9.98. The zero-order valence-corrected chi connectivity index (χ0v) is 9.98. The summed E-state index contributed by atoms with van der Waals surface area (Å²) in [4.78, 5) is 13.4. The molecule has 1 aromatic rings. The van der Waals surface area contributed by atoms with Crippen molar-refractivity contribution >= 4 is 5.69 Å². The number of ether oxygens (including phenoxy) is 1. The number of morpholine rings is 1. The molecule has 1 saturated heterocycles. The maximum absolute atomic E-state index is 11.1. The van der Waals surface area contributed by atoms with E-state index in [0.29, 0.717) is 0 Å². The fourth-order valence-electron chi connectivity index (χ4n) is 1.96. The Morgan fingerprint density at radius 2 is 2.35 bits per heavy atom. The molecule has 1 aromatic heterocycles. The van der Waals surface area contributed by atoms with Gasteiger partial charge >= 0.3 is 0 Å². The highest BCUT2D eigenvalue weighted by Crippen LogP contribution is 2.04. The summed E-state index contributed by atoms with van der Waals surface area (Å²) >= 11 is 0. The number of anilines is 1. The number of hydrogen-bond donors (Lipinski definition) is 2. The molecule has 6 nitrogen and oxygen atoms in total. The van der Waals surface area contributed by atoms with Crippen LogP contribution in [0.5, 0.6) is 0 Å². The van der Waals surface area contributed by atoms with Gasteiger partial charge in [-0.15, -0.1) is 0 Å². The Hall–Kier alpha value is -1.40. The smallest absolute Gasteiger partial charge is 0.266 e. The van der Waals surface area contributed by atoms with E-state index in [1.807, 2.05) is 0 Å². The van der Waals surface area contributed by atoms with Crippen LogP contribution in [0.2, 0.25) is 0 Å². The molecule has 0 saturated carbocycles. The predicted octanol–water partition coefficient (Wildman–Crippen LogP) is -0.0975. The number of nitrogens with one attached hydrogen (secondary N) is 2. The molecule has 0 aromatic carbocycles. The lowest BCUT2D eigenvalue weighted by molar-refractivity contribution is 0.0368. The summed E-state index contributed by atoms with van der Waals surface area (Å²) in [6.45, 7) is 6.59. The molecule has 0 radical (unpaired) electrons. The van der Waals surface area contributed by atoms with Gasteiger partial charge in [0, 0.05) is 31.7 Å². The van der Waals surface area contributed by atoms with Crippen LogP contribution in [-0.2, 0) is 4.74 Å². The van der Waals surface area contributed by atoms with Crippen LogP contribution in [0.1, 0.15) is 6.92 Å². The van der Waals surface area contributed by atoms with Crippen LogP contribution in [0.15, 0.2) is 17.1 Å². The number of hydrogen-bond acceptors (Lipinski definition) is 5. The number of aromatic nitrogens is 2. The van der Waals surface area contributed by atoms with E-state index in [2.05, 4.69) is 27.3 Å². The van der Waals surface area contributed by atoms with Gasteiger partial charge in [0.05, 0.1) is 25.1 Å². The van der Waals surface area contributed by atoms with Crippen LogP contribution in [0.3, 0.4) is 0 Å². The van der Waals surface area contributed by atoms with E-state index in [4.69, 9.17) is 4.74 Å². The third-order valence-corrected chi connectivity index (χ3v) is 2.71. The Bertz CT molecular complexity index is 400. The van der Waals surface area contributed by atoms with E-state index in [-0.39, 0.29) is 11.6 Å². The summed E-state index contributed by atoms with van der Waals surface area (Å²) < 4.78 is 5.30. The molecule has 2 N–H and O–H groups in total. The molecule has 1 fully saturated rings. The number of H-pyrrole nitrogens is 1. The summed E-state index contributed by atoms with van der Waals surface area (Å²) in [5.74, 6) is 0. The van der Waals surface area contributed by atoms with Crippen LogP contribution in [0, 0.1) is 0 Å². The second-order valence-electron chi connectivity index (χ2n) is 4.29. The van der Waals surface area contributed by atoms with Crippen LogP contribution in [0.4, 0.5) is 5.69 Å². The predicted molar refractivity (Wildman–Crippen MR) is 65.2 cm³/mol. The van der Waals surface area contributed by atoms with Crippen molar-refractivity contribution in [1.82, 2.24) is 15.1 Å². The first-order valence-corrected chi connectivity index (χ1v) is 5.85. The SMILES string of the molecule is CC(CN1CCOCC1)Nc1cn[nH]c(=O)c1. The van der Waals surface area contributed by atoms with E-state index < -0.39 is 0 Å². The second kappa shape index (κ2) is 5.79. The maximum Gasteiger partial charge on any atom is 0.266 e. The average molecular weight is 238 g/mol. The molecule has 1 aliphatic rings. The molecular formula is C11H18N4O2. The summed E-state index contributed by atoms with van der Waals surface area (Å²) in [5.41, 5.74) is 0.572. The molecule has 0 spiro atoms. The summed E-state index contributed by atoms with van der Waals surface area (Å²) in [5, 5.41) is 9.37. The van der Waals surface area contributed by atoms with E-state index in [0.717, 1.165) is 38.5 Å².